The Morgan fingerprint density at radius 2 is 1.87 bits per heavy atom. The van der Waals surface area contributed by atoms with Crippen LogP contribution >= 0.6 is 0 Å². The fourth-order valence-electron chi connectivity index (χ4n) is 4.32. The lowest BCUT2D eigenvalue weighted by atomic mass is 9.85. The molecule has 0 aliphatic heterocycles. The normalized spacial score (nSPS) is 14.9. The van der Waals surface area contributed by atoms with Crippen molar-refractivity contribution >= 4 is 15.8 Å². The lowest BCUT2D eigenvalue weighted by Gasteiger charge is -2.21. The van der Waals surface area contributed by atoms with Crippen molar-refractivity contribution in [3.63, 3.8) is 0 Å². The van der Waals surface area contributed by atoms with Gasteiger partial charge in [0, 0.05) is 12.6 Å². The number of carboxylic acids is 1. The maximum Gasteiger partial charge on any atom is 0.344 e. The number of aliphatic carboxylic acids is 1. The molecule has 1 aliphatic carbocycles. The molecule has 1 unspecified atom stereocenters. The summed E-state index contributed by atoms with van der Waals surface area (Å²) in [6, 6.07) is 18.9. The lowest BCUT2D eigenvalue weighted by molar-refractivity contribution is -0.144. The molecule has 1 N–H and O–H groups in total. The third-order valence-electron chi connectivity index (χ3n) is 6.28. The number of ether oxygens (including phenoxy) is 1. The van der Waals surface area contributed by atoms with Crippen LogP contribution in [0, 0.1) is 0 Å². The van der Waals surface area contributed by atoms with Crippen molar-refractivity contribution < 1.29 is 23.1 Å². The van der Waals surface area contributed by atoms with E-state index in [1.54, 1.807) is 6.07 Å². The summed E-state index contributed by atoms with van der Waals surface area (Å²) in [6.07, 6.45) is 7.41. The van der Waals surface area contributed by atoms with Crippen molar-refractivity contribution in [2.75, 3.05) is 5.75 Å². The molecule has 0 amide bonds. The van der Waals surface area contributed by atoms with E-state index < -0.39 is 21.9 Å². The fourth-order valence-corrected chi connectivity index (χ4v) is 5.65. The Balaban J connectivity index is 1.51. The number of carboxylic acid groups (broad SMARTS) is 1. The third-order valence-corrected chi connectivity index (χ3v) is 8.08. The fraction of sp³-hybridized carbons (Fsp3) is 0.276. The summed E-state index contributed by atoms with van der Waals surface area (Å²) < 4.78 is 32.5. The second-order valence-electron chi connectivity index (χ2n) is 9.09. The molecule has 2 atom stereocenters. The molecule has 1 aromatic heterocycles. The highest BCUT2D eigenvalue weighted by molar-refractivity contribution is 7.91. The van der Waals surface area contributed by atoms with Gasteiger partial charge in [-0.15, -0.1) is 0 Å². The minimum absolute atomic E-state index is 0.0295. The largest absolute Gasteiger partial charge is 0.479 e. The highest BCUT2D eigenvalue weighted by Crippen LogP contribution is 2.33. The summed E-state index contributed by atoms with van der Waals surface area (Å²) in [6.45, 7) is 1.50. The van der Waals surface area contributed by atoms with Gasteiger partial charge >= 0.3 is 5.97 Å². The highest BCUT2D eigenvalue weighted by atomic mass is 32.2. The molecule has 4 rings (SSSR count). The van der Waals surface area contributed by atoms with E-state index in [2.05, 4.69) is 23.3 Å². The van der Waals surface area contributed by atoms with Gasteiger partial charge in [-0.3, -0.25) is 4.79 Å². The number of benzene rings is 2. The van der Waals surface area contributed by atoms with Crippen molar-refractivity contribution in [1.29, 1.82) is 0 Å². The summed E-state index contributed by atoms with van der Waals surface area (Å²) in [5.74, 6) is -1.34. The zero-order chi connectivity index (χ0) is 27.1. The number of allylic oxidation sites excluding steroid dienone is 4. The van der Waals surface area contributed by atoms with Crippen LogP contribution in [-0.4, -0.2) is 41.1 Å². The first-order chi connectivity index (χ1) is 18.2. The van der Waals surface area contributed by atoms with Crippen LogP contribution in [0.2, 0.25) is 0 Å². The average molecular weight is 535 g/mol. The van der Waals surface area contributed by atoms with Crippen molar-refractivity contribution in [1.82, 2.24) is 9.78 Å². The number of carbonyl (C=O) groups is 1. The monoisotopic (exact) mass is 534 g/mol. The van der Waals surface area contributed by atoms with E-state index in [9.17, 15) is 18.0 Å². The number of hydrogen-bond donors (Lipinski definition) is 1. The molecule has 1 aliphatic rings. The van der Waals surface area contributed by atoms with Gasteiger partial charge in [-0.2, -0.15) is 5.10 Å². The van der Waals surface area contributed by atoms with E-state index in [0.29, 0.717) is 5.69 Å². The van der Waals surface area contributed by atoms with Crippen LogP contribution < -0.4 is 10.3 Å². The highest BCUT2D eigenvalue weighted by Gasteiger charge is 2.22. The summed E-state index contributed by atoms with van der Waals surface area (Å²) in [4.78, 5) is 23.7. The number of nitrogens with zero attached hydrogens (tertiary/aromatic N) is 2. The molecule has 0 fully saturated rings. The van der Waals surface area contributed by atoms with Gasteiger partial charge in [-0.25, -0.2) is 17.9 Å². The number of aryl methyl sites for hydroxylation is 1. The third kappa shape index (κ3) is 6.66. The van der Waals surface area contributed by atoms with Crippen LogP contribution in [0.5, 0.6) is 5.75 Å². The molecule has 0 radical (unpaired) electrons. The smallest absolute Gasteiger partial charge is 0.344 e. The first-order valence-electron chi connectivity index (χ1n) is 12.5. The van der Waals surface area contributed by atoms with Gasteiger partial charge in [-0.05, 0) is 61.6 Å². The van der Waals surface area contributed by atoms with Crippen LogP contribution in [0.3, 0.4) is 0 Å². The van der Waals surface area contributed by atoms with E-state index >= 15 is 0 Å². The van der Waals surface area contributed by atoms with E-state index in [4.69, 9.17) is 9.84 Å². The number of aromatic nitrogens is 2. The Morgan fingerprint density at radius 3 is 2.58 bits per heavy atom. The Bertz CT molecular complexity index is 1510. The molecule has 0 saturated carbocycles. The molecule has 8 nitrogen and oxygen atoms in total. The lowest BCUT2D eigenvalue weighted by Crippen LogP contribution is -2.25. The number of sulfone groups is 1. The van der Waals surface area contributed by atoms with Gasteiger partial charge in [-0.1, -0.05) is 54.6 Å². The van der Waals surface area contributed by atoms with Gasteiger partial charge in [0.05, 0.1) is 22.3 Å². The molecule has 1 heterocycles. The molecule has 0 bridgehead atoms. The van der Waals surface area contributed by atoms with E-state index in [-0.39, 0.29) is 40.8 Å². The molecule has 2 aromatic carbocycles. The Hall–Kier alpha value is -3.98. The van der Waals surface area contributed by atoms with Crippen LogP contribution in [0.15, 0.2) is 100 Å². The Labute approximate surface area is 221 Å². The maximum atomic E-state index is 13.0. The van der Waals surface area contributed by atoms with Gasteiger partial charge in [0.15, 0.2) is 15.9 Å². The first kappa shape index (κ1) is 27.1. The maximum absolute atomic E-state index is 13.0. The molecule has 0 saturated heterocycles. The zero-order valence-corrected chi connectivity index (χ0v) is 21.9. The van der Waals surface area contributed by atoms with Crippen LogP contribution in [0.4, 0.5) is 0 Å². The Morgan fingerprint density at radius 1 is 1.08 bits per heavy atom. The van der Waals surface area contributed by atoms with E-state index in [0.717, 1.165) is 24.0 Å². The summed E-state index contributed by atoms with van der Waals surface area (Å²) in [5.41, 5.74) is 2.59. The average Bonchev–Trinajstić information content (AvgIpc) is 2.92. The Kier molecular flexibility index (Phi) is 8.58. The summed E-state index contributed by atoms with van der Waals surface area (Å²) >= 11 is 0. The SMILES string of the molecule is C[C@H](Oc1cccc(S(=O)(=O)CCCn2nc(C(C3=CCCC=C3)c3ccccc3)ccc2=O)c1)C(=O)O. The molecule has 3 aromatic rings. The zero-order valence-electron chi connectivity index (χ0n) is 21.1. The van der Waals surface area contributed by atoms with Crippen molar-refractivity contribution in [2.24, 2.45) is 0 Å². The first-order valence-corrected chi connectivity index (χ1v) is 14.1. The van der Waals surface area contributed by atoms with Crippen LogP contribution in [0.25, 0.3) is 0 Å². The van der Waals surface area contributed by atoms with Crippen molar-refractivity contribution in [3.8, 4) is 5.75 Å². The number of hydrogen-bond acceptors (Lipinski definition) is 6. The predicted octanol–water partition coefficient (Wildman–Crippen LogP) is 4.37. The van der Waals surface area contributed by atoms with Crippen molar-refractivity contribution in [3.05, 3.63) is 112 Å². The molecule has 9 heteroatoms. The van der Waals surface area contributed by atoms with Gasteiger partial charge in [0.2, 0.25) is 0 Å². The molecule has 0 spiro atoms. The molecule has 198 valence electrons. The second-order valence-corrected chi connectivity index (χ2v) is 11.2. The van der Waals surface area contributed by atoms with E-state index in [1.165, 1.54) is 41.9 Å². The minimum Gasteiger partial charge on any atom is -0.479 e. The summed E-state index contributed by atoms with van der Waals surface area (Å²) in [5, 5.41) is 13.7. The number of rotatable bonds is 11. The van der Waals surface area contributed by atoms with Crippen LogP contribution in [-0.2, 0) is 21.2 Å². The summed E-state index contributed by atoms with van der Waals surface area (Å²) in [7, 11) is -3.70. The van der Waals surface area contributed by atoms with Gasteiger partial charge in [0.1, 0.15) is 5.75 Å². The molecular formula is C29H30N2O6S. The van der Waals surface area contributed by atoms with Crippen molar-refractivity contribution in [2.45, 2.75) is 49.6 Å². The standard InChI is InChI=1S/C29H30N2O6S/c1-21(29(33)34)37-24-14-8-15-25(20-24)38(35,36)19-9-18-31-27(32)17-16-26(30-31)28(22-10-4-2-5-11-22)23-12-6-3-7-13-23/h2,4-6,8,10-17,20-21,28H,3,7,9,18-19H2,1H3,(H,33,34)/t21-,28?/m0/s1. The van der Waals surface area contributed by atoms with E-state index in [1.807, 2.05) is 30.3 Å². The topological polar surface area (TPSA) is 116 Å². The molecule has 38 heavy (non-hydrogen) atoms. The van der Waals surface area contributed by atoms with Gasteiger partial charge < -0.3 is 9.84 Å². The minimum atomic E-state index is -3.70. The quantitative estimate of drug-likeness (QED) is 0.388. The predicted molar refractivity (Wildman–Crippen MR) is 144 cm³/mol. The molecular weight excluding hydrogens is 504 g/mol. The van der Waals surface area contributed by atoms with Crippen LogP contribution in [0.1, 0.15) is 43.4 Å². The second kappa shape index (κ2) is 12.0. The van der Waals surface area contributed by atoms with Gasteiger partial charge in [0.25, 0.3) is 5.56 Å².